The molecular formula is C60H64N12O11. The third kappa shape index (κ3) is 16.7. The van der Waals surface area contributed by atoms with Crippen molar-refractivity contribution in [2.75, 3.05) is 13.1 Å². The van der Waals surface area contributed by atoms with Crippen molar-refractivity contribution in [2.24, 2.45) is 20.5 Å². The molecule has 0 spiro atoms. The molecule has 2 aliphatic heterocycles. The molecule has 0 radical (unpaired) electrons. The maximum absolute atomic E-state index is 13.0. The predicted molar refractivity (Wildman–Crippen MR) is 302 cm³/mol. The Morgan fingerprint density at radius 1 is 0.361 bits per heavy atom. The molecule has 1 N–H and O–H groups in total. The first-order chi connectivity index (χ1) is 40.9. The van der Waals surface area contributed by atoms with Crippen LogP contribution in [-0.4, -0.2) is 110 Å². The highest BCUT2D eigenvalue weighted by molar-refractivity contribution is 5.19. The van der Waals surface area contributed by atoms with Crippen LogP contribution in [0.25, 0.3) is 41.8 Å². The highest BCUT2D eigenvalue weighted by Crippen LogP contribution is 2.39. The first kappa shape index (κ1) is 59.7. The molecule has 6 aromatic carbocycles. The molecule has 15 atom stereocenters. The number of aliphatic hydroxyl groups is 1. The average Bonchev–Trinajstić information content (AvgIpc) is 3.72. The van der Waals surface area contributed by atoms with Gasteiger partial charge in [0.1, 0.15) is 42.7 Å². The quantitative estimate of drug-likeness (QED) is 0.0273. The van der Waals surface area contributed by atoms with Crippen molar-refractivity contribution in [1.82, 2.24) is 0 Å². The van der Waals surface area contributed by atoms with E-state index in [1.165, 1.54) is 0 Å². The maximum atomic E-state index is 13.0. The van der Waals surface area contributed by atoms with Crippen LogP contribution in [-0.2, 0) is 87.0 Å². The Balaban J connectivity index is 1.09. The fraction of sp³-hybridized carbons (Fsp3) is 0.400. The van der Waals surface area contributed by atoms with Gasteiger partial charge in [-0.05, 0) is 61.9 Å². The molecule has 0 amide bonds. The third-order valence-corrected chi connectivity index (χ3v) is 14.4. The Labute approximate surface area is 479 Å². The Bertz CT molecular complexity index is 2890. The second-order valence-corrected chi connectivity index (χ2v) is 20.0. The van der Waals surface area contributed by atoms with E-state index in [-0.39, 0.29) is 59.2 Å². The lowest BCUT2D eigenvalue weighted by Crippen LogP contribution is -2.66. The number of ether oxygens (including phenoxy) is 10. The van der Waals surface area contributed by atoms with E-state index in [1.54, 1.807) is 0 Å². The summed E-state index contributed by atoms with van der Waals surface area (Å²) in [6.07, 6.45) is -16.1. The molecule has 83 heavy (non-hydrogen) atoms. The van der Waals surface area contributed by atoms with Gasteiger partial charge in [0.25, 0.3) is 0 Å². The zero-order valence-electron chi connectivity index (χ0n) is 45.2. The van der Waals surface area contributed by atoms with Crippen LogP contribution in [0.4, 0.5) is 0 Å². The topological polar surface area (TPSA) is 308 Å². The summed E-state index contributed by atoms with van der Waals surface area (Å²) in [6.45, 7) is -0.00630. The van der Waals surface area contributed by atoms with E-state index in [9.17, 15) is 27.2 Å². The summed E-state index contributed by atoms with van der Waals surface area (Å²) in [5.41, 5.74) is 44.6. The van der Waals surface area contributed by atoms with Crippen molar-refractivity contribution < 1.29 is 52.5 Å². The van der Waals surface area contributed by atoms with Crippen LogP contribution in [0.2, 0.25) is 0 Å². The fourth-order valence-electron chi connectivity index (χ4n) is 10.4. The lowest BCUT2D eigenvalue weighted by molar-refractivity contribution is -0.354. The Morgan fingerprint density at radius 3 is 0.892 bits per heavy atom. The lowest BCUT2D eigenvalue weighted by Gasteiger charge is -2.50. The van der Waals surface area contributed by atoms with Crippen LogP contribution in [0.1, 0.15) is 39.8 Å². The Hall–Kier alpha value is -7.88. The summed E-state index contributed by atoms with van der Waals surface area (Å²) in [4.78, 5) is 12.4. The van der Waals surface area contributed by atoms with Gasteiger partial charge in [0.15, 0.2) is 12.6 Å². The zero-order chi connectivity index (χ0) is 57.4. The zero-order valence-corrected chi connectivity index (χ0v) is 45.2. The van der Waals surface area contributed by atoms with E-state index in [1.807, 2.05) is 182 Å². The molecule has 2 heterocycles. The van der Waals surface area contributed by atoms with Crippen LogP contribution in [0.3, 0.4) is 0 Å². The fourth-order valence-corrected chi connectivity index (χ4v) is 10.4. The number of aliphatic hydroxyl groups excluding tert-OH is 1. The van der Waals surface area contributed by atoms with Crippen LogP contribution in [0.15, 0.2) is 202 Å². The Kier molecular flexibility index (Phi) is 22.7. The summed E-state index contributed by atoms with van der Waals surface area (Å²) in [5.74, 6) is 0. The van der Waals surface area contributed by atoms with Crippen molar-refractivity contribution >= 4 is 0 Å². The minimum absolute atomic E-state index is 0.0357. The molecule has 3 aliphatic rings. The first-order valence-corrected chi connectivity index (χ1v) is 27.3. The molecule has 1 saturated carbocycles. The van der Waals surface area contributed by atoms with Crippen molar-refractivity contribution in [1.29, 1.82) is 0 Å². The number of nitrogens with zero attached hydrogens (tertiary/aromatic N) is 12. The van der Waals surface area contributed by atoms with E-state index >= 15 is 0 Å². The van der Waals surface area contributed by atoms with Gasteiger partial charge in [0.05, 0.1) is 89.2 Å². The van der Waals surface area contributed by atoms with Crippen molar-refractivity contribution in [2.45, 2.75) is 138 Å². The molecule has 2 saturated heterocycles. The first-order valence-electron chi connectivity index (χ1n) is 27.3. The second kappa shape index (κ2) is 31.5. The molecule has 1 unspecified atom stereocenters. The smallest absolute Gasteiger partial charge is 0.187 e. The van der Waals surface area contributed by atoms with Gasteiger partial charge in [-0.15, -0.1) is 0 Å². The minimum atomic E-state index is -1.79. The minimum Gasteiger partial charge on any atom is -0.388 e. The summed E-state index contributed by atoms with van der Waals surface area (Å²) in [6, 6.07) is 54.4. The van der Waals surface area contributed by atoms with Crippen LogP contribution >= 0.6 is 0 Å². The standard InChI is InChI=1S/C60H64N12O11/c61-69-65-32-48-53(74-34-40-19-7-1-8-20-40)55(76-36-42-23-11-3-12-24-42)57(78-38-44-27-15-5-16-28-44)59(80-48)82-51-46(67-71-63)31-47(68-72-64)52(50(51)73)83-60-58(79-39-45-29-17-6-18-30-45)56(77-37-43-25-13-4-14-26-43)54(49(81-60)33-66-70-62)75-35-41-21-9-2-10-22-41/h1-30,46-60,73H,31-39H2/t46-,47+,48-,49-,50?,51+,52-,53-,54-,55+,56+,57-,58-,59-,60-/m0/s1. The lowest BCUT2D eigenvalue weighted by atomic mass is 9.84. The Morgan fingerprint density at radius 2 is 0.627 bits per heavy atom. The number of azide groups is 4. The molecule has 0 aromatic heterocycles. The highest BCUT2D eigenvalue weighted by atomic mass is 16.7. The summed E-state index contributed by atoms with van der Waals surface area (Å²) in [7, 11) is 0. The molecule has 1 aliphatic carbocycles. The predicted octanol–water partition coefficient (Wildman–Crippen LogP) is 11.5. The SMILES string of the molecule is [N-]=[N+]=NC[C@@H]1O[C@@H](O[C@@H]2C(O)[C@H](O[C@@H]3O[C@@H](CN=[N+]=[N-])[C@H](OCc4ccccc4)[C@@H](OCc4ccccc4)[C@@H]3OCc3ccccc3)[C@@H](N=[N+]=[N-])C[C@H]2N=[N+]=[N-])[C@@H](OCc2ccccc2)[C@H](OCc2ccccc2)[C@H]1OCc1ccccc1. The van der Waals surface area contributed by atoms with Gasteiger partial charge < -0.3 is 52.5 Å². The monoisotopic (exact) mass is 1130 g/mol. The van der Waals surface area contributed by atoms with E-state index in [4.69, 9.17) is 47.4 Å². The van der Waals surface area contributed by atoms with Gasteiger partial charge >= 0.3 is 0 Å². The number of benzene rings is 6. The van der Waals surface area contributed by atoms with E-state index in [0.29, 0.717) is 0 Å². The molecule has 0 bridgehead atoms. The molecular weight excluding hydrogens is 1060 g/mol. The van der Waals surface area contributed by atoms with Crippen LogP contribution in [0.5, 0.6) is 0 Å². The summed E-state index contributed by atoms with van der Waals surface area (Å²) >= 11 is 0. The van der Waals surface area contributed by atoms with Crippen LogP contribution in [0, 0.1) is 0 Å². The number of hydrogen-bond donors (Lipinski definition) is 1. The van der Waals surface area contributed by atoms with Crippen molar-refractivity contribution in [3.8, 4) is 0 Å². The van der Waals surface area contributed by atoms with Gasteiger partial charge in [0.2, 0.25) is 0 Å². The van der Waals surface area contributed by atoms with Crippen LogP contribution < -0.4 is 0 Å². The third-order valence-electron chi connectivity index (χ3n) is 14.4. The molecule has 430 valence electrons. The van der Waals surface area contributed by atoms with E-state index < -0.39 is 91.8 Å². The molecule has 6 aromatic rings. The summed E-state index contributed by atoms with van der Waals surface area (Å²) < 4.78 is 68.1. The van der Waals surface area contributed by atoms with Gasteiger partial charge in [-0.2, -0.15) is 0 Å². The second-order valence-electron chi connectivity index (χ2n) is 20.0. The number of rotatable bonds is 28. The van der Waals surface area contributed by atoms with Gasteiger partial charge in [0, 0.05) is 19.6 Å². The number of hydrogen-bond acceptors (Lipinski definition) is 15. The van der Waals surface area contributed by atoms with Crippen molar-refractivity contribution in [3.05, 3.63) is 257 Å². The van der Waals surface area contributed by atoms with Gasteiger partial charge in [-0.25, -0.2) is 0 Å². The van der Waals surface area contributed by atoms with Gasteiger partial charge in [-0.3, -0.25) is 0 Å². The molecule has 9 rings (SSSR count). The van der Waals surface area contributed by atoms with E-state index in [0.717, 1.165) is 33.4 Å². The normalized spacial score (nSPS) is 27.6. The molecule has 3 fully saturated rings. The maximum Gasteiger partial charge on any atom is 0.187 e. The van der Waals surface area contributed by atoms with Crippen molar-refractivity contribution in [3.63, 3.8) is 0 Å². The molecule has 23 heteroatoms. The average molecular weight is 1130 g/mol. The highest BCUT2D eigenvalue weighted by Gasteiger charge is 2.55. The summed E-state index contributed by atoms with van der Waals surface area (Å²) in [5, 5.41) is 29.0. The van der Waals surface area contributed by atoms with E-state index in [2.05, 4.69) is 40.1 Å². The molecule has 23 nitrogen and oxygen atoms in total. The largest absolute Gasteiger partial charge is 0.388 e. The van der Waals surface area contributed by atoms with Gasteiger partial charge in [-0.1, -0.05) is 202 Å².